The van der Waals surface area contributed by atoms with Crippen molar-refractivity contribution in [2.75, 3.05) is 5.32 Å². The summed E-state index contributed by atoms with van der Waals surface area (Å²) in [6.45, 7) is 6.04. The molecule has 0 aliphatic rings. The molecule has 0 bridgehead atoms. The fraction of sp³-hybridized carbons (Fsp3) is 0.286. The fourth-order valence-electron chi connectivity index (χ4n) is 3.19. The minimum absolute atomic E-state index is 0.604. The molecule has 0 aliphatic heterocycles. The van der Waals surface area contributed by atoms with Crippen molar-refractivity contribution in [3.05, 3.63) is 63.2 Å². The van der Waals surface area contributed by atoms with Crippen molar-refractivity contribution in [1.82, 2.24) is 24.1 Å². The monoisotopic (exact) mass is 502 g/mol. The molecule has 8 heteroatoms. The average molecular weight is 502 g/mol. The van der Waals surface area contributed by atoms with Gasteiger partial charge in [0.2, 0.25) is 0 Å². The SMILES string of the molecule is Cc1nn2c(NCc3cccc(-c4nccn4C)c3)cc(C(C)(C)O)nc2c1I. The summed E-state index contributed by atoms with van der Waals surface area (Å²) in [5.41, 5.74) is 3.40. The lowest BCUT2D eigenvalue weighted by Gasteiger charge is -2.19. The van der Waals surface area contributed by atoms with Crippen molar-refractivity contribution < 1.29 is 5.11 Å². The number of fused-ring (bicyclic) bond motifs is 1. The predicted molar refractivity (Wildman–Crippen MR) is 122 cm³/mol. The Morgan fingerprint density at radius 1 is 1.24 bits per heavy atom. The lowest BCUT2D eigenvalue weighted by atomic mass is 10.1. The summed E-state index contributed by atoms with van der Waals surface area (Å²) in [6.07, 6.45) is 3.74. The summed E-state index contributed by atoms with van der Waals surface area (Å²) in [7, 11) is 1.99. The minimum atomic E-state index is -1.04. The smallest absolute Gasteiger partial charge is 0.171 e. The molecule has 2 N–H and O–H groups in total. The number of nitrogens with zero attached hydrogens (tertiary/aromatic N) is 5. The molecule has 0 radical (unpaired) electrons. The second-order valence-corrected chi connectivity index (χ2v) is 8.71. The number of hydrogen-bond acceptors (Lipinski definition) is 5. The molecule has 0 saturated carbocycles. The number of imidazole rings is 1. The van der Waals surface area contributed by atoms with Crippen LogP contribution in [-0.4, -0.2) is 29.3 Å². The Kier molecular flexibility index (Phi) is 5.07. The van der Waals surface area contributed by atoms with Gasteiger partial charge in [-0.3, -0.25) is 0 Å². The van der Waals surface area contributed by atoms with Gasteiger partial charge in [0.25, 0.3) is 0 Å². The number of rotatable bonds is 5. The number of nitrogens with one attached hydrogen (secondary N) is 1. The van der Waals surface area contributed by atoms with Crippen LogP contribution in [-0.2, 0) is 19.2 Å². The first-order valence-corrected chi connectivity index (χ1v) is 10.4. The van der Waals surface area contributed by atoms with Gasteiger partial charge in [0, 0.05) is 37.6 Å². The Bertz CT molecular complexity index is 1190. The van der Waals surface area contributed by atoms with Gasteiger partial charge in [0.15, 0.2) is 5.65 Å². The third-order valence-electron chi connectivity index (χ3n) is 4.80. The molecular weight excluding hydrogens is 479 g/mol. The van der Waals surface area contributed by atoms with E-state index in [0.29, 0.717) is 12.2 Å². The molecule has 0 spiro atoms. The molecule has 7 nitrogen and oxygen atoms in total. The van der Waals surface area contributed by atoms with Crippen LogP contribution in [0.2, 0.25) is 0 Å². The second kappa shape index (κ2) is 7.42. The van der Waals surface area contributed by atoms with E-state index in [4.69, 9.17) is 0 Å². The van der Waals surface area contributed by atoms with Crippen LogP contribution in [0.1, 0.15) is 30.8 Å². The van der Waals surface area contributed by atoms with Crippen molar-refractivity contribution >= 4 is 34.1 Å². The number of hydrogen-bond donors (Lipinski definition) is 2. The highest BCUT2D eigenvalue weighted by Crippen LogP contribution is 2.26. The van der Waals surface area contributed by atoms with E-state index in [1.165, 1.54) is 0 Å². The van der Waals surface area contributed by atoms with Gasteiger partial charge < -0.3 is 15.0 Å². The molecule has 1 aromatic carbocycles. The van der Waals surface area contributed by atoms with Gasteiger partial charge in [0.05, 0.1) is 15.0 Å². The van der Waals surface area contributed by atoms with E-state index in [1.54, 1.807) is 24.6 Å². The van der Waals surface area contributed by atoms with Crippen LogP contribution >= 0.6 is 22.6 Å². The average Bonchev–Trinajstić information content (AvgIpc) is 3.23. The molecule has 0 fully saturated rings. The lowest BCUT2D eigenvalue weighted by molar-refractivity contribution is 0.0740. The molecular formula is C21H23IN6O. The van der Waals surface area contributed by atoms with Crippen molar-refractivity contribution in [2.24, 2.45) is 7.05 Å². The van der Waals surface area contributed by atoms with Gasteiger partial charge in [-0.05, 0) is 55.0 Å². The largest absolute Gasteiger partial charge is 0.384 e. The quantitative estimate of drug-likeness (QED) is 0.405. The lowest BCUT2D eigenvalue weighted by Crippen LogP contribution is -2.19. The highest BCUT2D eigenvalue weighted by Gasteiger charge is 2.22. The Hall–Kier alpha value is -2.46. The molecule has 4 aromatic rings. The number of aromatic nitrogens is 5. The molecule has 29 heavy (non-hydrogen) atoms. The molecule has 3 heterocycles. The third-order valence-corrected chi connectivity index (χ3v) is 6.06. The van der Waals surface area contributed by atoms with E-state index in [9.17, 15) is 5.11 Å². The maximum atomic E-state index is 10.5. The molecule has 3 aromatic heterocycles. The standard InChI is InChI=1S/C21H23IN6O/c1-13-18(22)20-25-16(21(2,3)29)11-17(28(20)26-13)24-12-14-6-5-7-15(10-14)19-23-8-9-27(19)4/h5-11,24,29H,12H2,1-4H3. The highest BCUT2D eigenvalue weighted by atomic mass is 127. The molecule has 4 rings (SSSR count). The first-order valence-electron chi connectivity index (χ1n) is 9.33. The van der Waals surface area contributed by atoms with Gasteiger partial charge in [-0.25, -0.2) is 9.97 Å². The van der Waals surface area contributed by atoms with E-state index >= 15 is 0 Å². The molecule has 150 valence electrons. The summed E-state index contributed by atoms with van der Waals surface area (Å²) < 4.78 is 4.78. The third kappa shape index (κ3) is 3.86. The van der Waals surface area contributed by atoms with E-state index in [1.807, 2.05) is 36.9 Å². The Morgan fingerprint density at radius 3 is 2.72 bits per heavy atom. The molecule has 0 saturated heterocycles. The summed E-state index contributed by atoms with van der Waals surface area (Å²) in [6, 6.07) is 10.2. The maximum Gasteiger partial charge on any atom is 0.171 e. The molecule has 0 atom stereocenters. The molecule has 0 aliphatic carbocycles. The Balaban J connectivity index is 1.68. The van der Waals surface area contributed by atoms with Crippen molar-refractivity contribution in [2.45, 2.75) is 32.9 Å². The van der Waals surface area contributed by atoms with E-state index < -0.39 is 5.60 Å². The maximum absolute atomic E-state index is 10.5. The van der Waals surface area contributed by atoms with Crippen LogP contribution in [0.3, 0.4) is 0 Å². The van der Waals surface area contributed by atoms with Crippen LogP contribution in [0.15, 0.2) is 42.7 Å². The fourth-order valence-corrected chi connectivity index (χ4v) is 3.65. The van der Waals surface area contributed by atoms with Crippen LogP contribution in [0.5, 0.6) is 0 Å². The van der Waals surface area contributed by atoms with Crippen LogP contribution in [0.4, 0.5) is 5.82 Å². The summed E-state index contributed by atoms with van der Waals surface area (Å²) in [5, 5.41) is 18.6. The van der Waals surface area contributed by atoms with E-state index in [-0.39, 0.29) is 0 Å². The number of aryl methyl sites for hydroxylation is 2. The zero-order valence-electron chi connectivity index (χ0n) is 16.8. The second-order valence-electron chi connectivity index (χ2n) is 7.64. The van der Waals surface area contributed by atoms with Crippen LogP contribution in [0.25, 0.3) is 17.0 Å². The first-order chi connectivity index (χ1) is 13.7. The van der Waals surface area contributed by atoms with Gasteiger partial charge in [-0.2, -0.15) is 9.61 Å². The highest BCUT2D eigenvalue weighted by molar-refractivity contribution is 14.1. The number of benzene rings is 1. The van der Waals surface area contributed by atoms with Gasteiger partial charge >= 0.3 is 0 Å². The van der Waals surface area contributed by atoms with Crippen molar-refractivity contribution in [3.63, 3.8) is 0 Å². The Morgan fingerprint density at radius 2 is 2.03 bits per heavy atom. The normalized spacial score (nSPS) is 11.9. The van der Waals surface area contributed by atoms with Crippen molar-refractivity contribution in [3.8, 4) is 11.4 Å². The number of halogens is 1. The molecule has 0 unspecified atom stereocenters. The Labute approximate surface area is 183 Å². The summed E-state index contributed by atoms with van der Waals surface area (Å²) >= 11 is 2.25. The summed E-state index contributed by atoms with van der Waals surface area (Å²) in [5.74, 6) is 1.72. The first kappa shape index (κ1) is 19.8. The van der Waals surface area contributed by atoms with Gasteiger partial charge in [0.1, 0.15) is 17.2 Å². The van der Waals surface area contributed by atoms with E-state index in [2.05, 4.69) is 61.2 Å². The minimum Gasteiger partial charge on any atom is -0.384 e. The summed E-state index contributed by atoms with van der Waals surface area (Å²) in [4.78, 5) is 9.06. The van der Waals surface area contributed by atoms with Gasteiger partial charge in [-0.15, -0.1) is 0 Å². The molecule has 0 amide bonds. The number of aliphatic hydroxyl groups is 1. The number of anilines is 1. The van der Waals surface area contributed by atoms with Crippen LogP contribution in [0, 0.1) is 10.5 Å². The van der Waals surface area contributed by atoms with Gasteiger partial charge in [-0.1, -0.05) is 18.2 Å². The topological polar surface area (TPSA) is 80.3 Å². The van der Waals surface area contributed by atoms with Crippen LogP contribution < -0.4 is 5.32 Å². The zero-order valence-corrected chi connectivity index (χ0v) is 19.0. The van der Waals surface area contributed by atoms with E-state index in [0.717, 1.165) is 37.7 Å². The van der Waals surface area contributed by atoms with Crippen molar-refractivity contribution in [1.29, 1.82) is 0 Å². The predicted octanol–water partition coefficient (Wildman–Crippen LogP) is 3.88. The zero-order chi connectivity index (χ0) is 20.8.